The lowest BCUT2D eigenvalue weighted by molar-refractivity contribution is 0.335. The van der Waals surface area contributed by atoms with E-state index < -0.39 is 6.04 Å². The highest BCUT2D eigenvalue weighted by molar-refractivity contribution is 5.47. The zero-order valence-electron chi connectivity index (χ0n) is 25.7. The standard InChI is InChI=1S/C41H38N2O3/c1-28-16-8-9-21-31(28)40(32-22-10-13-25-35(32)44)42-38(29-17-4-2-5-18-29)39(30-19-6-3-7-20-30)43-41(33-23-11-14-26-36(33)45)34-24-12-15-27-37(34)46/h2-27,38-46H,1H3/t38-,39?,40?/m1/s1. The minimum Gasteiger partial charge on any atom is -0.508 e. The van der Waals surface area contributed by atoms with Crippen molar-refractivity contribution in [1.29, 1.82) is 0 Å². The summed E-state index contributed by atoms with van der Waals surface area (Å²) in [6, 6.07) is 49.0. The lowest BCUT2D eigenvalue weighted by atomic mass is 9.87. The lowest BCUT2D eigenvalue weighted by Crippen LogP contribution is -2.39. The second-order valence-electron chi connectivity index (χ2n) is 11.5. The first kappa shape index (κ1) is 30.7. The zero-order chi connectivity index (χ0) is 31.9. The quantitative estimate of drug-likeness (QED) is 0.102. The fourth-order valence-corrected chi connectivity index (χ4v) is 6.25. The monoisotopic (exact) mass is 606 g/mol. The summed E-state index contributed by atoms with van der Waals surface area (Å²) in [7, 11) is 0. The van der Waals surface area contributed by atoms with Gasteiger partial charge in [-0.15, -0.1) is 0 Å². The molecule has 5 heteroatoms. The average Bonchev–Trinajstić information content (AvgIpc) is 3.09. The summed E-state index contributed by atoms with van der Waals surface area (Å²) in [5.74, 6) is 0.470. The van der Waals surface area contributed by atoms with Crippen LogP contribution in [0.2, 0.25) is 0 Å². The summed E-state index contributed by atoms with van der Waals surface area (Å²) >= 11 is 0. The molecule has 0 fully saturated rings. The summed E-state index contributed by atoms with van der Waals surface area (Å²) in [4.78, 5) is 0. The smallest absolute Gasteiger partial charge is 0.120 e. The van der Waals surface area contributed by atoms with Crippen molar-refractivity contribution >= 4 is 0 Å². The van der Waals surface area contributed by atoms with Crippen LogP contribution < -0.4 is 10.6 Å². The Kier molecular flexibility index (Phi) is 9.44. The molecule has 46 heavy (non-hydrogen) atoms. The molecule has 0 spiro atoms. The minimum absolute atomic E-state index is 0.131. The van der Waals surface area contributed by atoms with Crippen LogP contribution in [0.15, 0.2) is 158 Å². The molecule has 0 saturated carbocycles. The molecule has 0 bridgehead atoms. The van der Waals surface area contributed by atoms with Crippen molar-refractivity contribution in [3.63, 3.8) is 0 Å². The van der Waals surface area contributed by atoms with Crippen molar-refractivity contribution in [3.05, 3.63) is 197 Å². The summed E-state index contributed by atoms with van der Waals surface area (Å²) in [6.07, 6.45) is 0. The number of hydrogen-bond donors (Lipinski definition) is 5. The number of rotatable bonds is 11. The van der Waals surface area contributed by atoms with E-state index >= 15 is 0 Å². The maximum atomic E-state index is 11.2. The highest BCUT2D eigenvalue weighted by Gasteiger charge is 2.33. The SMILES string of the molecule is Cc1ccccc1C(N[C@H](c1ccccc1)C(NC(c1ccccc1O)c1ccccc1O)c1ccccc1)c1ccccc1O. The van der Waals surface area contributed by atoms with Gasteiger partial charge in [-0.1, -0.05) is 140 Å². The molecule has 6 aromatic rings. The van der Waals surface area contributed by atoms with E-state index in [0.29, 0.717) is 11.1 Å². The molecule has 5 nitrogen and oxygen atoms in total. The molecular weight excluding hydrogens is 568 g/mol. The van der Waals surface area contributed by atoms with Crippen LogP contribution in [0.5, 0.6) is 17.2 Å². The van der Waals surface area contributed by atoms with Gasteiger partial charge in [-0.05, 0) is 47.4 Å². The average molecular weight is 607 g/mol. The molecule has 3 atom stereocenters. The molecule has 0 amide bonds. The van der Waals surface area contributed by atoms with Gasteiger partial charge in [0.15, 0.2) is 0 Å². The van der Waals surface area contributed by atoms with Crippen LogP contribution in [0, 0.1) is 6.92 Å². The van der Waals surface area contributed by atoms with Crippen molar-refractivity contribution in [1.82, 2.24) is 10.6 Å². The van der Waals surface area contributed by atoms with E-state index in [2.05, 4.69) is 54.0 Å². The number of aryl methyl sites for hydroxylation is 1. The predicted octanol–water partition coefficient (Wildman–Crippen LogP) is 8.65. The number of para-hydroxylation sites is 3. The Bertz CT molecular complexity index is 1650. The van der Waals surface area contributed by atoms with Crippen molar-refractivity contribution < 1.29 is 15.3 Å². The van der Waals surface area contributed by atoms with Gasteiger partial charge >= 0.3 is 0 Å². The number of phenolic OH excluding ortho intramolecular Hbond substituents is 3. The van der Waals surface area contributed by atoms with Crippen LogP contribution >= 0.6 is 0 Å². The van der Waals surface area contributed by atoms with E-state index in [1.807, 2.05) is 91.0 Å². The summed E-state index contributed by atoms with van der Waals surface area (Å²) < 4.78 is 0. The maximum absolute atomic E-state index is 11.2. The topological polar surface area (TPSA) is 84.8 Å². The van der Waals surface area contributed by atoms with E-state index in [1.54, 1.807) is 30.3 Å². The van der Waals surface area contributed by atoms with Gasteiger partial charge in [0.05, 0.1) is 24.2 Å². The van der Waals surface area contributed by atoms with Crippen LogP contribution in [0.4, 0.5) is 0 Å². The predicted molar refractivity (Wildman–Crippen MR) is 184 cm³/mol. The van der Waals surface area contributed by atoms with Gasteiger partial charge in [0.2, 0.25) is 0 Å². The highest BCUT2D eigenvalue weighted by Crippen LogP contribution is 2.41. The molecule has 0 saturated heterocycles. The first-order chi connectivity index (χ1) is 22.5. The first-order valence-corrected chi connectivity index (χ1v) is 15.5. The van der Waals surface area contributed by atoms with E-state index in [9.17, 15) is 15.3 Å². The van der Waals surface area contributed by atoms with Crippen LogP contribution in [-0.2, 0) is 0 Å². The van der Waals surface area contributed by atoms with E-state index in [1.165, 1.54) is 0 Å². The molecule has 0 heterocycles. The molecule has 2 unspecified atom stereocenters. The van der Waals surface area contributed by atoms with E-state index in [0.717, 1.165) is 27.8 Å². The van der Waals surface area contributed by atoms with Gasteiger partial charge in [0, 0.05) is 16.7 Å². The third kappa shape index (κ3) is 6.66. The fraction of sp³-hybridized carbons (Fsp3) is 0.122. The molecule has 6 aromatic carbocycles. The Balaban J connectivity index is 1.55. The van der Waals surface area contributed by atoms with Gasteiger partial charge in [0.1, 0.15) is 17.2 Å². The largest absolute Gasteiger partial charge is 0.508 e. The molecule has 0 aliphatic carbocycles. The van der Waals surface area contributed by atoms with Gasteiger partial charge in [0.25, 0.3) is 0 Å². The molecule has 0 radical (unpaired) electrons. The normalized spacial score (nSPS) is 13.3. The molecule has 0 aliphatic heterocycles. The van der Waals surface area contributed by atoms with Crippen LogP contribution in [0.25, 0.3) is 0 Å². The number of aromatic hydroxyl groups is 3. The van der Waals surface area contributed by atoms with Crippen molar-refractivity contribution in [2.75, 3.05) is 0 Å². The van der Waals surface area contributed by atoms with Crippen LogP contribution in [0.1, 0.15) is 63.1 Å². The number of benzene rings is 6. The van der Waals surface area contributed by atoms with Crippen LogP contribution in [0.3, 0.4) is 0 Å². The number of nitrogens with one attached hydrogen (secondary N) is 2. The second kappa shape index (κ2) is 14.2. The molecule has 0 aromatic heterocycles. The Hall–Kier alpha value is -5.36. The Morgan fingerprint density at radius 2 is 0.674 bits per heavy atom. The minimum atomic E-state index is -0.567. The molecule has 6 rings (SSSR count). The third-order valence-electron chi connectivity index (χ3n) is 8.59. The number of hydrogen-bond acceptors (Lipinski definition) is 5. The molecular formula is C41H38N2O3. The van der Waals surface area contributed by atoms with E-state index in [-0.39, 0.29) is 35.4 Å². The highest BCUT2D eigenvalue weighted by atomic mass is 16.3. The zero-order valence-corrected chi connectivity index (χ0v) is 25.7. The van der Waals surface area contributed by atoms with Crippen molar-refractivity contribution in [2.24, 2.45) is 0 Å². The van der Waals surface area contributed by atoms with Gasteiger partial charge in [-0.2, -0.15) is 0 Å². The molecule has 230 valence electrons. The summed E-state index contributed by atoms with van der Waals surface area (Å²) in [5, 5.41) is 41.2. The fourth-order valence-electron chi connectivity index (χ4n) is 6.25. The van der Waals surface area contributed by atoms with Gasteiger partial charge in [-0.25, -0.2) is 0 Å². The third-order valence-corrected chi connectivity index (χ3v) is 8.59. The maximum Gasteiger partial charge on any atom is 0.120 e. The summed E-state index contributed by atoms with van der Waals surface area (Å²) in [5.41, 5.74) is 6.25. The Morgan fingerprint density at radius 1 is 0.370 bits per heavy atom. The second-order valence-corrected chi connectivity index (χ2v) is 11.5. The van der Waals surface area contributed by atoms with Crippen LogP contribution in [-0.4, -0.2) is 15.3 Å². The first-order valence-electron chi connectivity index (χ1n) is 15.5. The Labute approximate surface area is 270 Å². The van der Waals surface area contributed by atoms with E-state index in [4.69, 9.17) is 0 Å². The van der Waals surface area contributed by atoms with Crippen molar-refractivity contribution in [3.8, 4) is 17.2 Å². The Morgan fingerprint density at radius 3 is 1.04 bits per heavy atom. The lowest BCUT2D eigenvalue weighted by Gasteiger charge is -2.37. The molecule has 0 aliphatic rings. The van der Waals surface area contributed by atoms with Gasteiger partial charge in [-0.3, -0.25) is 10.6 Å². The van der Waals surface area contributed by atoms with Crippen molar-refractivity contribution in [2.45, 2.75) is 31.1 Å². The molecule has 5 N–H and O–H groups in total. The van der Waals surface area contributed by atoms with Gasteiger partial charge < -0.3 is 15.3 Å². The summed E-state index contributed by atoms with van der Waals surface area (Å²) in [6.45, 7) is 2.08. The number of phenols is 3.